The highest BCUT2D eigenvalue weighted by Gasteiger charge is 2.20. The Labute approximate surface area is 176 Å². The fourth-order valence-electron chi connectivity index (χ4n) is 4.25. The lowest BCUT2D eigenvalue weighted by Gasteiger charge is -2.29. The van der Waals surface area contributed by atoms with Gasteiger partial charge in [0.1, 0.15) is 0 Å². The summed E-state index contributed by atoms with van der Waals surface area (Å²) in [6.45, 7) is 3.10. The minimum absolute atomic E-state index is 0.200. The average Bonchev–Trinajstić information content (AvgIpc) is 3.34. The molecule has 6 heteroatoms. The molecule has 0 saturated carbocycles. The molecule has 0 radical (unpaired) electrons. The zero-order valence-electron chi connectivity index (χ0n) is 16.9. The number of hydrogen-bond donors (Lipinski definition) is 1. The number of aromatic nitrogens is 2. The molecule has 0 atom stereocenters. The van der Waals surface area contributed by atoms with Crippen molar-refractivity contribution in [1.82, 2.24) is 9.97 Å². The molecule has 6 nitrogen and oxygen atoms in total. The van der Waals surface area contributed by atoms with Gasteiger partial charge in [-0.05, 0) is 61.6 Å². The molecule has 0 bridgehead atoms. The molecule has 0 aliphatic carbocycles. The summed E-state index contributed by atoms with van der Waals surface area (Å²) in [5.74, 6) is 0.434. The van der Waals surface area contributed by atoms with Crippen molar-refractivity contribution in [2.45, 2.75) is 25.7 Å². The molecule has 0 spiro atoms. The maximum absolute atomic E-state index is 12.6. The van der Waals surface area contributed by atoms with E-state index in [0.29, 0.717) is 11.5 Å². The first-order valence-electron chi connectivity index (χ1n) is 10.6. The normalized spacial score (nSPS) is 15.7. The van der Waals surface area contributed by atoms with Crippen molar-refractivity contribution >= 4 is 28.9 Å². The largest absolute Gasteiger partial charge is 0.372 e. The molecule has 2 aliphatic heterocycles. The Morgan fingerprint density at radius 2 is 1.60 bits per heavy atom. The number of benzene rings is 2. The number of hydrogen-bond acceptors (Lipinski definition) is 5. The van der Waals surface area contributed by atoms with Crippen LogP contribution in [0.1, 0.15) is 35.2 Å². The van der Waals surface area contributed by atoms with Crippen molar-refractivity contribution in [3.8, 4) is 0 Å². The Morgan fingerprint density at radius 1 is 0.867 bits per heavy atom. The lowest BCUT2D eigenvalue weighted by molar-refractivity contribution is 0.102. The first-order valence-corrected chi connectivity index (χ1v) is 10.6. The van der Waals surface area contributed by atoms with Crippen LogP contribution < -0.4 is 15.1 Å². The first-order chi connectivity index (χ1) is 14.8. The number of para-hydroxylation sites is 1. The third kappa shape index (κ3) is 3.73. The van der Waals surface area contributed by atoms with E-state index in [1.165, 1.54) is 24.1 Å². The van der Waals surface area contributed by atoms with Crippen LogP contribution >= 0.6 is 0 Å². The molecular weight excluding hydrogens is 374 g/mol. The first kappa shape index (κ1) is 18.6. The number of anilines is 4. The summed E-state index contributed by atoms with van der Waals surface area (Å²) >= 11 is 0. The summed E-state index contributed by atoms with van der Waals surface area (Å²) in [5.41, 5.74) is 4.90. The summed E-state index contributed by atoms with van der Waals surface area (Å²) in [4.78, 5) is 26.1. The molecule has 2 aliphatic rings. The molecule has 3 heterocycles. The molecule has 30 heavy (non-hydrogen) atoms. The Morgan fingerprint density at radius 3 is 2.37 bits per heavy atom. The summed E-state index contributed by atoms with van der Waals surface area (Å²) in [5, 5.41) is 2.94. The number of carbonyl (C=O) groups is 1. The summed E-state index contributed by atoms with van der Waals surface area (Å²) in [6.07, 6.45) is 7.84. The topological polar surface area (TPSA) is 61.4 Å². The van der Waals surface area contributed by atoms with Gasteiger partial charge >= 0.3 is 0 Å². The van der Waals surface area contributed by atoms with Crippen LogP contribution in [0.5, 0.6) is 0 Å². The third-order valence-electron chi connectivity index (χ3n) is 5.85. The molecule has 2 aromatic carbocycles. The molecule has 3 aromatic rings. The van der Waals surface area contributed by atoms with Gasteiger partial charge in [-0.1, -0.05) is 18.2 Å². The molecule has 5 rings (SSSR count). The number of nitrogens with one attached hydrogen (secondary N) is 1. The molecule has 1 fully saturated rings. The molecule has 152 valence electrons. The lowest BCUT2D eigenvalue weighted by Crippen LogP contribution is -2.26. The van der Waals surface area contributed by atoms with Gasteiger partial charge in [0, 0.05) is 49.1 Å². The van der Waals surface area contributed by atoms with E-state index in [2.05, 4.69) is 55.4 Å². The molecular formula is C24H25N5O. The van der Waals surface area contributed by atoms with Crippen molar-refractivity contribution in [3.63, 3.8) is 0 Å². The Balaban J connectivity index is 1.27. The molecule has 1 N–H and O–H groups in total. The van der Waals surface area contributed by atoms with Crippen LogP contribution in [0.15, 0.2) is 60.9 Å². The standard InChI is InChI=1S/C24H25N5O/c30-23(27-20-9-11-21(12-10-20)28-13-3-4-14-28)19-16-25-24(26-17-19)29-15-5-7-18-6-1-2-8-22(18)29/h1-2,6,8-12,16-17H,3-5,7,13-15H2,(H,27,30). The van der Waals surface area contributed by atoms with E-state index < -0.39 is 0 Å². The zero-order chi connectivity index (χ0) is 20.3. The van der Waals surface area contributed by atoms with Gasteiger partial charge in [0.25, 0.3) is 5.91 Å². The molecule has 1 saturated heterocycles. The monoisotopic (exact) mass is 399 g/mol. The van der Waals surface area contributed by atoms with Gasteiger partial charge in [-0.3, -0.25) is 4.79 Å². The highest BCUT2D eigenvalue weighted by molar-refractivity contribution is 6.04. The van der Waals surface area contributed by atoms with Crippen molar-refractivity contribution in [2.75, 3.05) is 34.8 Å². The zero-order valence-corrected chi connectivity index (χ0v) is 16.9. The number of nitrogens with zero attached hydrogens (tertiary/aromatic N) is 4. The van der Waals surface area contributed by atoms with Crippen LogP contribution in [0, 0.1) is 0 Å². The van der Waals surface area contributed by atoms with E-state index in [0.717, 1.165) is 43.9 Å². The van der Waals surface area contributed by atoms with Gasteiger partial charge in [-0.15, -0.1) is 0 Å². The van der Waals surface area contributed by atoms with E-state index in [1.807, 2.05) is 18.2 Å². The second kappa shape index (κ2) is 8.14. The predicted octanol–water partition coefficient (Wildman–Crippen LogP) is 4.41. The predicted molar refractivity (Wildman–Crippen MR) is 120 cm³/mol. The fraction of sp³-hybridized carbons (Fsp3) is 0.292. The van der Waals surface area contributed by atoms with Crippen molar-refractivity contribution in [1.29, 1.82) is 0 Å². The van der Waals surface area contributed by atoms with Crippen molar-refractivity contribution in [3.05, 3.63) is 72.1 Å². The fourth-order valence-corrected chi connectivity index (χ4v) is 4.25. The number of fused-ring (bicyclic) bond motifs is 1. The Hall–Kier alpha value is -3.41. The average molecular weight is 399 g/mol. The van der Waals surface area contributed by atoms with E-state index in [1.54, 1.807) is 12.4 Å². The number of aryl methyl sites for hydroxylation is 1. The van der Waals surface area contributed by atoms with Crippen molar-refractivity contribution in [2.24, 2.45) is 0 Å². The van der Waals surface area contributed by atoms with Crippen LogP contribution in [0.4, 0.5) is 23.0 Å². The highest BCUT2D eigenvalue weighted by atomic mass is 16.1. The SMILES string of the molecule is O=C(Nc1ccc(N2CCCC2)cc1)c1cnc(N2CCCc3ccccc32)nc1. The number of amides is 1. The summed E-state index contributed by atoms with van der Waals surface area (Å²) in [6, 6.07) is 16.4. The van der Waals surface area contributed by atoms with Crippen LogP contribution in [-0.4, -0.2) is 35.5 Å². The quantitative estimate of drug-likeness (QED) is 0.704. The smallest absolute Gasteiger partial charge is 0.258 e. The van der Waals surface area contributed by atoms with Gasteiger partial charge in [-0.25, -0.2) is 9.97 Å². The third-order valence-corrected chi connectivity index (χ3v) is 5.85. The highest BCUT2D eigenvalue weighted by Crippen LogP contribution is 2.31. The second-order valence-corrected chi connectivity index (χ2v) is 7.85. The second-order valence-electron chi connectivity index (χ2n) is 7.85. The number of rotatable bonds is 4. The van der Waals surface area contributed by atoms with Crippen LogP contribution in [-0.2, 0) is 6.42 Å². The Kier molecular flexibility index (Phi) is 5.05. The van der Waals surface area contributed by atoms with Gasteiger partial charge in [-0.2, -0.15) is 0 Å². The minimum Gasteiger partial charge on any atom is -0.372 e. The van der Waals surface area contributed by atoms with E-state index in [4.69, 9.17) is 0 Å². The minimum atomic E-state index is -0.200. The van der Waals surface area contributed by atoms with Gasteiger partial charge in [0.15, 0.2) is 0 Å². The van der Waals surface area contributed by atoms with Crippen LogP contribution in [0.3, 0.4) is 0 Å². The van der Waals surface area contributed by atoms with Gasteiger partial charge in [0.2, 0.25) is 5.95 Å². The molecule has 1 aromatic heterocycles. The number of carbonyl (C=O) groups excluding carboxylic acids is 1. The molecule has 0 unspecified atom stereocenters. The van der Waals surface area contributed by atoms with Gasteiger partial charge < -0.3 is 15.1 Å². The van der Waals surface area contributed by atoms with E-state index in [9.17, 15) is 4.79 Å². The van der Waals surface area contributed by atoms with Gasteiger partial charge in [0.05, 0.1) is 5.56 Å². The van der Waals surface area contributed by atoms with E-state index >= 15 is 0 Å². The summed E-state index contributed by atoms with van der Waals surface area (Å²) < 4.78 is 0. The maximum atomic E-state index is 12.6. The molecule has 1 amide bonds. The van der Waals surface area contributed by atoms with Crippen LogP contribution in [0.2, 0.25) is 0 Å². The van der Waals surface area contributed by atoms with E-state index in [-0.39, 0.29) is 5.91 Å². The van der Waals surface area contributed by atoms with Crippen molar-refractivity contribution < 1.29 is 4.79 Å². The maximum Gasteiger partial charge on any atom is 0.258 e. The summed E-state index contributed by atoms with van der Waals surface area (Å²) in [7, 11) is 0. The van der Waals surface area contributed by atoms with Crippen LogP contribution in [0.25, 0.3) is 0 Å². The Bertz CT molecular complexity index is 1030. The lowest BCUT2D eigenvalue weighted by atomic mass is 10.0.